The van der Waals surface area contributed by atoms with E-state index in [-0.39, 0.29) is 24.2 Å². The number of rotatable bonds is 7. The first kappa shape index (κ1) is 24.6. The fourth-order valence-electron chi connectivity index (χ4n) is 8.40. The Labute approximate surface area is 215 Å². The molecule has 1 aromatic rings. The molecular formula is C28H43N5O3. The van der Waals surface area contributed by atoms with Crippen molar-refractivity contribution in [1.82, 2.24) is 20.2 Å². The molecule has 5 saturated carbocycles. The van der Waals surface area contributed by atoms with E-state index in [1.807, 2.05) is 0 Å². The van der Waals surface area contributed by atoms with E-state index >= 15 is 0 Å². The summed E-state index contributed by atoms with van der Waals surface area (Å²) < 4.78 is 5.84. The molecule has 7 rings (SSSR count). The number of nitrogens with one attached hydrogen (secondary N) is 2. The Kier molecular flexibility index (Phi) is 6.71. The number of carbonyl (C=O) groups excluding carboxylic acids is 1. The first-order valence-corrected chi connectivity index (χ1v) is 14.4. The summed E-state index contributed by atoms with van der Waals surface area (Å²) in [6.45, 7) is 7.83. The summed E-state index contributed by atoms with van der Waals surface area (Å²) in [4.78, 5) is 25.5. The van der Waals surface area contributed by atoms with Gasteiger partial charge in [0.2, 0.25) is 5.95 Å². The number of nitrogens with zero attached hydrogens (tertiary/aromatic N) is 3. The molecule has 1 amide bonds. The highest BCUT2D eigenvalue weighted by Gasteiger charge is 2.55. The number of aliphatic hydroxyl groups is 1. The van der Waals surface area contributed by atoms with Crippen LogP contribution >= 0.6 is 0 Å². The summed E-state index contributed by atoms with van der Waals surface area (Å²) in [6.07, 6.45) is 11.7. The highest BCUT2D eigenvalue weighted by Crippen LogP contribution is 2.55. The van der Waals surface area contributed by atoms with Crippen LogP contribution in [0.15, 0.2) is 6.20 Å². The van der Waals surface area contributed by atoms with Gasteiger partial charge in [-0.05, 0) is 76.5 Å². The zero-order valence-electron chi connectivity index (χ0n) is 21.9. The van der Waals surface area contributed by atoms with Crippen LogP contribution in [0.2, 0.25) is 0 Å². The lowest BCUT2D eigenvalue weighted by molar-refractivity contribution is -0.136. The van der Waals surface area contributed by atoms with E-state index in [2.05, 4.69) is 34.4 Å². The smallest absolute Gasteiger partial charge is 0.254 e. The maximum atomic E-state index is 13.6. The number of morpholine rings is 1. The van der Waals surface area contributed by atoms with Crippen LogP contribution in [-0.4, -0.2) is 75.9 Å². The molecule has 2 heterocycles. The topological polar surface area (TPSA) is 99.6 Å². The highest BCUT2D eigenvalue weighted by molar-refractivity contribution is 5.95. The molecule has 4 atom stereocenters. The molecule has 1 aliphatic heterocycles. The molecule has 6 aliphatic rings. The first-order valence-electron chi connectivity index (χ1n) is 14.4. The number of hydrogen-bond acceptors (Lipinski definition) is 7. The highest BCUT2D eigenvalue weighted by atomic mass is 16.5. The summed E-state index contributed by atoms with van der Waals surface area (Å²) in [5.74, 6) is 2.35. The molecule has 0 aromatic carbocycles. The van der Waals surface area contributed by atoms with Crippen molar-refractivity contribution < 1.29 is 14.6 Å². The second-order valence-corrected chi connectivity index (χ2v) is 12.6. The molecule has 3 N–H and O–H groups in total. The van der Waals surface area contributed by atoms with Gasteiger partial charge in [0.05, 0.1) is 29.1 Å². The van der Waals surface area contributed by atoms with Crippen molar-refractivity contribution in [2.75, 3.05) is 31.5 Å². The van der Waals surface area contributed by atoms with Gasteiger partial charge in [-0.1, -0.05) is 12.8 Å². The van der Waals surface area contributed by atoms with Crippen LogP contribution in [0.4, 0.5) is 5.95 Å². The van der Waals surface area contributed by atoms with Crippen LogP contribution in [0.1, 0.15) is 93.6 Å². The minimum Gasteiger partial charge on any atom is -0.390 e. The fourth-order valence-corrected chi connectivity index (χ4v) is 8.40. The minimum atomic E-state index is -0.486. The molecule has 2 unspecified atom stereocenters. The number of amides is 1. The monoisotopic (exact) mass is 497 g/mol. The van der Waals surface area contributed by atoms with Crippen molar-refractivity contribution >= 4 is 11.9 Å². The molecule has 0 spiro atoms. The molecular weight excluding hydrogens is 454 g/mol. The van der Waals surface area contributed by atoms with Crippen LogP contribution in [0.3, 0.4) is 0 Å². The van der Waals surface area contributed by atoms with Crippen LogP contribution in [-0.2, 0) is 4.74 Å². The van der Waals surface area contributed by atoms with Gasteiger partial charge < -0.3 is 20.5 Å². The van der Waals surface area contributed by atoms with Gasteiger partial charge in [-0.2, -0.15) is 0 Å². The summed E-state index contributed by atoms with van der Waals surface area (Å²) in [6, 6.07) is 0.168. The van der Waals surface area contributed by atoms with Crippen molar-refractivity contribution in [3.8, 4) is 0 Å². The summed E-state index contributed by atoms with van der Waals surface area (Å²) in [5.41, 5.74) is 1.08. The lowest BCUT2D eigenvalue weighted by Crippen LogP contribution is -2.61. The third-order valence-corrected chi connectivity index (χ3v) is 9.55. The molecule has 8 nitrogen and oxygen atoms in total. The van der Waals surface area contributed by atoms with Crippen molar-refractivity contribution in [3.63, 3.8) is 0 Å². The molecule has 4 bridgehead atoms. The van der Waals surface area contributed by atoms with Gasteiger partial charge >= 0.3 is 0 Å². The molecule has 1 saturated heterocycles. The van der Waals surface area contributed by atoms with Crippen LogP contribution < -0.4 is 10.6 Å². The Hall–Kier alpha value is -1.77. The predicted molar refractivity (Wildman–Crippen MR) is 138 cm³/mol. The van der Waals surface area contributed by atoms with Gasteiger partial charge in [0.25, 0.3) is 5.91 Å². The third-order valence-electron chi connectivity index (χ3n) is 9.55. The standard InChI is InChI=1S/C28H43N5O3/c1-17-15-33(16-18(2)36-17)8-7-29-27-30-14-23(25(32-27)20-5-3-4-6-20)26(34)31-24-21-9-19-10-22(24)13-28(35,11-19)12-21/h14,17-22,24,35H,3-13,15-16H2,1-2H3,(H,31,34)(H,29,30,32)/t17-,18+,19?,21?,22?,24-,28+. The van der Waals surface area contributed by atoms with Crippen molar-refractivity contribution in [1.29, 1.82) is 0 Å². The number of anilines is 1. The summed E-state index contributed by atoms with van der Waals surface area (Å²) in [5, 5.41) is 17.7. The lowest BCUT2D eigenvalue weighted by atomic mass is 9.52. The lowest BCUT2D eigenvalue weighted by Gasteiger charge is -2.58. The Morgan fingerprint density at radius 2 is 1.83 bits per heavy atom. The maximum Gasteiger partial charge on any atom is 0.254 e. The quantitative estimate of drug-likeness (QED) is 0.531. The Bertz CT molecular complexity index is 941. The third kappa shape index (κ3) is 5.01. The van der Waals surface area contributed by atoms with E-state index in [0.29, 0.717) is 35.2 Å². The normalized spacial score (nSPS) is 38.4. The zero-order chi connectivity index (χ0) is 24.9. The number of aromatic nitrogens is 2. The van der Waals surface area contributed by atoms with Gasteiger partial charge in [0, 0.05) is 44.3 Å². The fraction of sp³-hybridized carbons (Fsp3) is 0.821. The van der Waals surface area contributed by atoms with E-state index in [4.69, 9.17) is 9.72 Å². The van der Waals surface area contributed by atoms with Crippen molar-refractivity contribution in [3.05, 3.63) is 17.5 Å². The number of hydrogen-bond donors (Lipinski definition) is 3. The van der Waals surface area contributed by atoms with Gasteiger partial charge in [0.1, 0.15) is 0 Å². The van der Waals surface area contributed by atoms with E-state index in [0.717, 1.165) is 76.8 Å². The Morgan fingerprint density at radius 3 is 2.50 bits per heavy atom. The largest absolute Gasteiger partial charge is 0.390 e. The molecule has 6 fully saturated rings. The van der Waals surface area contributed by atoms with E-state index in [1.165, 1.54) is 12.8 Å². The SMILES string of the molecule is C[C@@H]1CN(CCNc2ncc(C(=O)N[C@H]3C4CC5CC3C[C@@](O)(C5)C4)c(C3CCCC3)n2)C[C@H](C)O1. The van der Waals surface area contributed by atoms with Crippen molar-refractivity contribution in [2.45, 2.75) is 101 Å². The average molecular weight is 498 g/mol. The molecule has 8 heteroatoms. The van der Waals surface area contributed by atoms with Crippen LogP contribution in [0, 0.1) is 17.8 Å². The Balaban J connectivity index is 1.13. The molecule has 5 aliphatic carbocycles. The van der Waals surface area contributed by atoms with E-state index in [1.54, 1.807) is 6.20 Å². The zero-order valence-corrected chi connectivity index (χ0v) is 21.9. The second-order valence-electron chi connectivity index (χ2n) is 12.6. The molecule has 0 radical (unpaired) electrons. The van der Waals surface area contributed by atoms with E-state index in [9.17, 15) is 9.90 Å². The van der Waals surface area contributed by atoms with Crippen molar-refractivity contribution in [2.24, 2.45) is 17.8 Å². The van der Waals surface area contributed by atoms with Crippen LogP contribution in [0.5, 0.6) is 0 Å². The van der Waals surface area contributed by atoms with E-state index < -0.39 is 5.60 Å². The molecule has 198 valence electrons. The van der Waals surface area contributed by atoms with Gasteiger partial charge in [-0.15, -0.1) is 0 Å². The van der Waals surface area contributed by atoms with Crippen LogP contribution in [0.25, 0.3) is 0 Å². The Morgan fingerprint density at radius 1 is 1.14 bits per heavy atom. The average Bonchev–Trinajstić information content (AvgIpc) is 3.34. The first-order chi connectivity index (χ1) is 17.3. The number of ether oxygens (including phenoxy) is 1. The summed E-state index contributed by atoms with van der Waals surface area (Å²) in [7, 11) is 0. The maximum absolute atomic E-state index is 13.6. The van der Waals surface area contributed by atoms with Gasteiger partial charge in [0.15, 0.2) is 0 Å². The number of carbonyl (C=O) groups is 1. The van der Waals surface area contributed by atoms with Gasteiger partial charge in [-0.3, -0.25) is 9.69 Å². The summed E-state index contributed by atoms with van der Waals surface area (Å²) >= 11 is 0. The minimum absolute atomic E-state index is 0.0239. The predicted octanol–water partition coefficient (Wildman–Crippen LogP) is 3.32. The molecule has 36 heavy (non-hydrogen) atoms. The van der Waals surface area contributed by atoms with Gasteiger partial charge in [-0.25, -0.2) is 9.97 Å². The second kappa shape index (κ2) is 9.84. The molecule has 1 aromatic heterocycles.